The van der Waals surface area contributed by atoms with Gasteiger partial charge in [-0.15, -0.1) is 0 Å². The Hall–Kier alpha value is -0.370. The third kappa shape index (κ3) is 5.93. The van der Waals surface area contributed by atoms with Crippen LogP contribution in [0.2, 0.25) is 0 Å². The first-order chi connectivity index (χ1) is 7.09. The molecule has 0 aromatic rings. The minimum absolute atomic E-state index is 0.330. The van der Waals surface area contributed by atoms with Gasteiger partial charge in [0, 0.05) is 19.0 Å². The molecule has 0 heterocycles. The van der Waals surface area contributed by atoms with Crippen LogP contribution in [0, 0.1) is 5.92 Å². The van der Waals surface area contributed by atoms with Crippen LogP contribution in [0.15, 0.2) is 0 Å². The van der Waals surface area contributed by atoms with Crippen LogP contribution in [-0.4, -0.2) is 29.8 Å². The predicted molar refractivity (Wildman–Crippen MR) is 64.0 cm³/mol. The summed E-state index contributed by atoms with van der Waals surface area (Å²) in [6.45, 7) is 8.67. The van der Waals surface area contributed by atoms with Crippen molar-refractivity contribution in [2.45, 2.75) is 58.9 Å². The number of carbonyl (C=O) groups excluding carboxylic acids is 1. The average Bonchev–Trinajstić information content (AvgIpc) is 2.92. The van der Waals surface area contributed by atoms with E-state index in [1.165, 1.54) is 32.4 Å². The third-order valence-electron chi connectivity index (χ3n) is 2.89. The van der Waals surface area contributed by atoms with Gasteiger partial charge in [-0.2, -0.15) is 0 Å². The quantitative estimate of drug-likeness (QED) is 0.575. The van der Waals surface area contributed by atoms with E-state index in [4.69, 9.17) is 0 Å². The van der Waals surface area contributed by atoms with Crippen molar-refractivity contribution in [3.8, 4) is 0 Å². The Balaban J connectivity index is 2.11. The minimum Gasteiger partial charge on any atom is -0.300 e. The van der Waals surface area contributed by atoms with Gasteiger partial charge in [0.05, 0.1) is 0 Å². The summed E-state index contributed by atoms with van der Waals surface area (Å²) in [6, 6.07) is 0.865. The molecular weight excluding hydrogens is 186 g/mol. The van der Waals surface area contributed by atoms with E-state index in [1.54, 1.807) is 6.92 Å². The highest BCUT2D eigenvalue weighted by Crippen LogP contribution is 2.27. The van der Waals surface area contributed by atoms with Gasteiger partial charge in [-0.3, -0.25) is 0 Å². The largest absolute Gasteiger partial charge is 0.300 e. The summed E-state index contributed by atoms with van der Waals surface area (Å²) in [6.07, 6.45) is 5.79. The second-order valence-electron chi connectivity index (χ2n) is 5.28. The predicted octanol–water partition coefficient (Wildman–Crippen LogP) is 2.87. The van der Waals surface area contributed by atoms with Crippen LogP contribution in [0.4, 0.5) is 0 Å². The molecular formula is C13H25NO. The first-order valence-corrected chi connectivity index (χ1v) is 6.33. The zero-order valence-electron chi connectivity index (χ0n) is 10.5. The minimum atomic E-state index is 0.330. The van der Waals surface area contributed by atoms with Crippen molar-refractivity contribution in [1.29, 1.82) is 0 Å². The lowest BCUT2D eigenvalue weighted by molar-refractivity contribution is -0.117. The van der Waals surface area contributed by atoms with Crippen LogP contribution >= 0.6 is 0 Å². The Labute approximate surface area is 94.0 Å². The highest BCUT2D eigenvalue weighted by atomic mass is 16.1. The molecule has 0 aliphatic heterocycles. The Morgan fingerprint density at radius 2 is 2.00 bits per heavy atom. The van der Waals surface area contributed by atoms with Gasteiger partial charge >= 0.3 is 0 Å². The Morgan fingerprint density at radius 3 is 2.47 bits per heavy atom. The number of hydrogen-bond acceptors (Lipinski definition) is 2. The Morgan fingerprint density at radius 1 is 1.33 bits per heavy atom. The van der Waals surface area contributed by atoms with E-state index in [2.05, 4.69) is 18.7 Å². The third-order valence-corrected chi connectivity index (χ3v) is 2.89. The highest BCUT2D eigenvalue weighted by Gasteiger charge is 2.28. The van der Waals surface area contributed by atoms with Gasteiger partial charge in [-0.1, -0.05) is 13.8 Å². The van der Waals surface area contributed by atoms with E-state index >= 15 is 0 Å². The first-order valence-electron chi connectivity index (χ1n) is 6.33. The second kappa shape index (κ2) is 6.26. The summed E-state index contributed by atoms with van der Waals surface area (Å²) in [5, 5.41) is 0. The maximum Gasteiger partial charge on any atom is 0.129 e. The van der Waals surface area contributed by atoms with Gasteiger partial charge in [-0.05, 0) is 45.1 Å². The molecule has 0 amide bonds. The normalized spacial score (nSPS) is 16.3. The highest BCUT2D eigenvalue weighted by molar-refractivity contribution is 5.75. The van der Waals surface area contributed by atoms with Crippen molar-refractivity contribution in [3.05, 3.63) is 0 Å². The van der Waals surface area contributed by atoms with Crippen LogP contribution in [0.3, 0.4) is 0 Å². The number of hydrogen-bond donors (Lipinski definition) is 0. The molecule has 0 aromatic heterocycles. The van der Waals surface area contributed by atoms with Crippen molar-refractivity contribution in [2.75, 3.05) is 13.1 Å². The van der Waals surface area contributed by atoms with E-state index < -0.39 is 0 Å². The zero-order chi connectivity index (χ0) is 11.3. The van der Waals surface area contributed by atoms with Crippen LogP contribution < -0.4 is 0 Å². The summed E-state index contributed by atoms with van der Waals surface area (Å²) in [5.41, 5.74) is 0. The molecule has 0 atom stereocenters. The fraction of sp³-hybridized carbons (Fsp3) is 0.923. The maximum atomic E-state index is 10.8. The monoisotopic (exact) mass is 211 g/mol. The van der Waals surface area contributed by atoms with Crippen LogP contribution in [0.1, 0.15) is 52.9 Å². The van der Waals surface area contributed by atoms with Crippen LogP contribution in [0.25, 0.3) is 0 Å². The van der Waals surface area contributed by atoms with E-state index in [9.17, 15) is 4.79 Å². The summed E-state index contributed by atoms with van der Waals surface area (Å²) in [7, 11) is 0. The molecule has 1 rings (SSSR count). The number of rotatable bonds is 8. The summed E-state index contributed by atoms with van der Waals surface area (Å²) in [5.74, 6) is 1.09. The van der Waals surface area contributed by atoms with Crippen LogP contribution in [0.5, 0.6) is 0 Å². The van der Waals surface area contributed by atoms with Gasteiger partial charge in [0.2, 0.25) is 0 Å². The molecule has 0 N–H and O–H groups in total. The van der Waals surface area contributed by atoms with Gasteiger partial charge in [0.25, 0.3) is 0 Å². The number of nitrogens with zero attached hydrogens (tertiary/aromatic N) is 1. The molecule has 1 aliphatic rings. The number of ketones is 1. The molecule has 0 unspecified atom stereocenters. The topological polar surface area (TPSA) is 20.3 Å². The molecule has 0 radical (unpaired) electrons. The molecule has 0 saturated heterocycles. The van der Waals surface area contributed by atoms with Crippen LogP contribution in [-0.2, 0) is 4.79 Å². The molecule has 88 valence electrons. The van der Waals surface area contributed by atoms with Gasteiger partial charge in [-0.25, -0.2) is 0 Å². The molecule has 0 bridgehead atoms. The summed E-state index contributed by atoms with van der Waals surface area (Å²) < 4.78 is 0. The zero-order valence-corrected chi connectivity index (χ0v) is 10.5. The van der Waals surface area contributed by atoms with Gasteiger partial charge in [0.15, 0.2) is 0 Å². The average molecular weight is 211 g/mol. The van der Waals surface area contributed by atoms with E-state index in [0.717, 1.165) is 24.8 Å². The number of unbranched alkanes of at least 4 members (excludes halogenated alkanes) is 1. The fourth-order valence-electron chi connectivity index (χ4n) is 2.02. The molecule has 15 heavy (non-hydrogen) atoms. The van der Waals surface area contributed by atoms with E-state index in [0.29, 0.717) is 5.78 Å². The molecule has 2 nitrogen and oxygen atoms in total. The SMILES string of the molecule is CC(=O)CCCCN(CC(C)C)C1CC1. The van der Waals surface area contributed by atoms with E-state index in [-0.39, 0.29) is 0 Å². The lowest BCUT2D eigenvalue weighted by atomic mass is 10.1. The lowest BCUT2D eigenvalue weighted by Gasteiger charge is -2.23. The molecule has 0 spiro atoms. The fourth-order valence-corrected chi connectivity index (χ4v) is 2.02. The van der Waals surface area contributed by atoms with Gasteiger partial charge in [0.1, 0.15) is 5.78 Å². The van der Waals surface area contributed by atoms with Crippen molar-refractivity contribution >= 4 is 5.78 Å². The molecule has 1 aliphatic carbocycles. The summed E-state index contributed by atoms with van der Waals surface area (Å²) >= 11 is 0. The Bertz CT molecular complexity index is 197. The standard InChI is InChI=1S/C13H25NO/c1-11(2)10-14(13-7-8-13)9-5-4-6-12(3)15/h11,13H,4-10H2,1-3H3. The molecule has 2 heteroatoms. The van der Waals surface area contributed by atoms with Crippen molar-refractivity contribution in [3.63, 3.8) is 0 Å². The summed E-state index contributed by atoms with van der Waals surface area (Å²) in [4.78, 5) is 13.4. The van der Waals surface area contributed by atoms with E-state index in [1.807, 2.05) is 0 Å². The van der Waals surface area contributed by atoms with Crippen molar-refractivity contribution in [1.82, 2.24) is 4.90 Å². The first kappa shape index (κ1) is 12.7. The van der Waals surface area contributed by atoms with Crippen molar-refractivity contribution in [2.24, 2.45) is 5.92 Å². The second-order valence-corrected chi connectivity index (χ2v) is 5.28. The van der Waals surface area contributed by atoms with Crippen molar-refractivity contribution < 1.29 is 4.79 Å². The molecule has 1 saturated carbocycles. The van der Waals surface area contributed by atoms with Gasteiger partial charge < -0.3 is 9.69 Å². The smallest absolute Gasteiger partial charge is 0.129 e. The molecule has 1 fully saturated rings. The lowest BCUT2D eigenvalue weighted by Crippen LogP contribution is -2.31. The number of Topliss-reactive ketones (excluding diaryl/α,β-unsaturated/α-hetero) is 1. The number of carbonyl (C=O) groups is 1. The molecule has 0 aromatic carbocycles. The Kier molecular flexibility index (Phi) is 5.30. The maximum absolute atomic E-state index is 10.8.